The van der Waals surface area contributed by atoms with Gasteiger partial charge in [-0.2, -0.15) is 0 Å². The van der Waals surface area contributed by atoms with Crippen molar-refractivity contribution >= 4 is 11.8 Å². The number of nitrogens with zero attached hydrogens (tertiary/aromatic N) is 2. The second-order valence-corrected chi connectivity index (χ2v) is 7.84. The van der Waals surface area contributed by atoms with Gasteiger partial charge >= 0.3 is 6.09 Å². The minimum absolute atomic E-state index is 0.134. The van der Waals surface area contributed by atoms with Gasteiger partial charge in [0.1, 0.15) is 5.60 Å². The highest BCUT2D eigenvalue weighted by Crippen LogP contribution is 2.39. The number of carbonyl (C=O) groups excluding carboxylic acids is 1. The van der Waals surface area contributed by atoms with Gasteiger partial charge in [-0.1, -0.05) is 18.2 Å². The number of anilines is 1. The number of ether oxygens (including phenoxy) is 1. The van der Waals surface area contributed by atoms with Crippen LogP contribution in [0.3, 0.4) is 0 Å². The predicted octanol–water partition coefficient (Wildman–Crippen LogP) is 4.05. The van der Waals surface area contributed by atoms with Gasteiger partial charge in [0.2, 0.25) is 0 Å². The summed E-state index contributed by atoms with van der Waals surface area (Å²) in [6.07, 6.45) is 4.12. The Bertz CT molecular complexity index is 538. The maximum absolute atomic E-state index is 12.5. The smallest absolute Gasteiger partial charge is 0.410 e. The lowest BCUT2D eigenvalue weighted by molar-refractivity contribution is 0.00599. The van der Waals surface area contributed by atoms with Crippen LogP contribution < -0.4 is 4.90 Å². The molecule has 126 valence electrons. The molecule has 0 saturated carbocycles. The standard InChI is InChI=1S/C19H28N2O2/c1-19(2,3)23-18(22)21-15-10-11-16(21)13-17(12-15)20(4)14-8-6-5-7-9-14/h5-9,15-17H,10-13H2,1-4H3/t15-,16+,17-. The van der Waals surface area contributed by atoms with Gasteiger partial charge in [-0.25, -0.2) is 4.79 Å². The van der Waals surface area contributed by atoms with Crippen LogP contribution in [-0.2, 0) is 4.74 Å². The Morgan fingerprint density at radius 3 is 2.22 bits per heavy atom. The van der Waals surface area contributed by atoms with Crippen LogP contribution in [0.4, 0.5) is 10.5 Å². The van der Waals surface area contributed by atoms with Crippen molar-refractivity contribution in [3.8, 4) is 0 Å². The summed E-state index contributed by atoms with van der Waals surface area (Å²) in [5, 5.41) is 0. The Balaban J connectivity index is 1.68. The van der Waals surface area contributed by atoms with E-state index in [9.17, 15) is 4.79 Å². The highest BCUT2D eigenvalue weighted by Gasteiger charge is 2.45. The number of fused-ring (bicyclic) bond motifs is 2. The first-order valence-corrected chi connectivity index (χ1v) is 8.64. The minimum Gasteiger partial charge on any atom is -0.444 e. The summed E-state index contributed by atoms with van der Waals surface area (Å²) in [7, 11) is 2.17. The van der Waals surface area contributed by atoms with E-state index < -0.39 is 5.60 Å². The van der Waals surface area contributed by atoms with Crippen LogP contribution in [0.25, 0.3) is 0 Å². The molecule has 0 unspecified atom stereocenters. The molecular formula is C19H28N2O2. The van der Waals surface area contributed by atoms with Crippen LogP contribution in [0, 0.1) is 0 Å². The summed E-state index contributed by atoms with van der Waals surface area (Å²) in [6.45, 7) is 5.80. The van der Waals surface area contributed by atoms with Gasteiger partial charge in [0, 0.05) is 30.9 Å². The molecular weight excluding hydrogens is 288 g/mol. The Morgan fingerprint density at radius 1 is 1.13 bits per heavy atom. The summed E-state index contributed by atoms with van der Waals surface area (Å²) in [5.74, 6) is 0. The number of carbonyl (C=O) groups is 1. The number of amides is 1. The zero-order chi connectivity index (χ0) is 16.6. The summed E-state index contributed by atoms with van der Waals surface area (Å²) in [4.78, 5) is 16.9. The molecule has 1 aromatic rings. The molecule has 0 N–H and O–H groups in total. The molecule has 1 aromatic carbocycles. The van der Waals surface area contributed by atoms with Crippen molar-refractivity contribution in [1.29, 1.82) is 0 Å². The van der Waals surface area contributed by atoms with Crippen LogP contribution in [0.1, 0.15) is 46.5 Å². The Labute approximate surface area is 139 Å². The molecule has 2 heterocycles. The molecule has 0 aliphatic carbocycles. The SMILES string of the molecule is CN(c1ccccc1)[C@@H]1C[C@H]2CC[C@@H](C1)N2C(=O)OC(C)(C)C. The number of hydrogen-bond donors (Lipinski definition) is 0. The Hall–Kier alpha value is -1.71. The fraction of sp³-hybridized carbons (Fsp3) is 0.632. The Morgan fingerprint density at radius 2 is 1.70 bits per heavy atom. The van der Waals surface area contributed by atoms with Gasteiger partial charge in [0.25, 0.3) is 0 Å². The van der Waals surface area contributed by atoms with Crippen LogP contribution in [0.2, 0.25) is 0 Å². The molecule has 0 radical (unpaired) electrons. The van der Waals surface area contributed by atoms with Crippen molar-refractivity contribution in [3.05, 3.63) is 30.3 Å². The van der Waals surface area contributed by atoms with E-state index in [-0.39, 0.29) is 6.09 Å². The van der Waals surface area contributed by atoms with Gasteiger partial charge in [-0.15, -0.1) is 0 Å². The lowest BCUT2D eigenvalue weighted by atomic mass is 9.96. The van der Waals surface area contributed by atoms with Gasteiger partial charge in [0.05, 0.1) is 0 Å². The van der Waals surface area contributed by atoms with Crippen molar-refractivity contribution in [1.82, 2.24) is 4.90 Å². The van der Waals surface area contributed by atoms with Crippen molar-refractivity contribution in [2.45, 2.75) is 70.2 Å². The molecule has 3 atom stereocenters. The molecule has 2 saturated heterocycles. The number of benzene rings is 1. The van der Waals surface area contributed by atoms with Crippen LogP contribution in [0.15, 0.2) is 30.3 Å². The number of hydrogen-bond acceptors (Lipinski definition) is 3. The third kappa shape index (κ3) is 3.46. The Kier molecular flexibility index (Phi) is 4.26. The van der Waals surface area contributed by atoms with Gasteiger partial charge in [-0.3, -0.25) is 0 Å². The number of rotatable bonds is 2. The maximum atomic E-state index is 12.5. The molecule has 4 heteroatoms. The second kappa shape index (κ2) is 6.06. The quantitative estimate of drug-likeness (QED) is 0.825. The fourth-order valence-corrected chi connectivity index (χ4v) is 3.95. The van der Waals surface area contributed by atoms with E-state index >= 15 is 0 Å². The van der Waals surface area contributed by atoms with Gasteiger partial charge < -0.3 is 14.5 Å². The highest BCUT2D eigenvalue weighted by molar-refractivity contribution is 5.69. The number of para-hydroxylation sites is 1. The van der Waals surface area contributed by atoms with E-state index in [1.165, 1.54) is 5.69 Å². The summed E-state index contributed by atoms with van der Waals surface area (Å²) in [5.41, 5.74) is 0.830. The first-order valence-electron chi connectivity index (χ1n) is 8.64. The number of piperidine rings is 1. The molecule has 23 heavy (non-hydrogen) atoms. The first kappa shape index (κ1) is 16.2. The average Bonchev–Trinajstić information content (AvgIpc) is 2.76. The van der Waals surface area contributed by atoms with Crippen LogP contribution in [-0.4, -0.2) is 41.8 Å². The van der Waals surface area contributed by atoms with E-state index in [2.05, 4.69) is 36.2 Å². The van der Waals surface area contributed by atoms with Crippen molar-refractivity contribution < 1.29 is 9.53 Å². The largest absolute Gasteiger partial charge is 0.444 e. The molecule has 0 aromatic heterocycles. The molecule has 2 fully saturated rings. The summed E-state index contributed by atoms with van der Waals surface area (Å²) >= 11 is 0. The zero-order valence-corrected chi connectivity index (χ0v) is 14.7. The van der Waals surface area contributed by atoms with E-state index in [0.717, 1.165) is 25.7 Å². The summed E-state index contributed by atoms with van der Waals surface area (Å²) < 4.78 is 5.61. The molecule has 2 bridgehead atoms. The maximum Gasteiger partial charge on any atom is 0.410 e. The summed E-state index contributed by atoms with van der Waals surface area (Å²) in [6, 6.07) is 11.6. The highest BCUT2D eigenvalue weighted by atomic mass is 16.6. The van der Waals surface area contributed by atoms with E-state index in [0.29, 0.717) is 18.1 Å². The molecule has 3 rings (SSSR count). The molecule has 2 aliphatic rings. The second-order valence-electron chi connectivity index (χ2n) is 7.84. The normalized spacial score (nSPS) is 27.0. The lowest BCUT2D eigenvalue weighted by Gasteiger charge is -2.43. The van der Waals surface area contributed by atoms with E-state index in [1.54, 1.807) is 0 Å². The average molecular weight is 316 g/mol. The molecule has 2 aliphatic heterocycles. The molecule has 0 spiro atoms. The van der Waals surface area contributed by atoms with E-state index in [4.69, 9.17) is 4.74 Å². The van der Waals surface area contributed by atoms with Crippen LogP contribution >= 0.6 is 0 Å². The minimum atomic E-state index is -0.422. The predicted molar refractivity (Wildman–Crippen MR) is 92.8 cm³/mol. The molecule has 4 nitrogen and oxygen atoms in total. The van der Waals surface area contributed by atoms with Crippen LogP contribution in [0.5, 0.6) is 0 Å². The third-order valence-corrected chi connectivity index (χ3v) is 5.02. The zero-order valence-electron chi connectivity index (χ0n) is 14.7. The molecule has 1 amide bonds. The third-order valence-electron chi connectivity index (χ3n) is 5.02. The topological polar surface area (TPSA) is 32.8 Å². The van der Waals surface area contributed by atoms with E-state index in [1.807, 2.05) is 31.7 Å². The monoisotopic (exact) mass is 316 g/mol. The first-order chi connectivity index (χ1) is 10.8. The van der Waals surface area contributed by atoms with Crippen molar-refractivity contribution in [3.63, 3.8) is 0 Å². The van der Waals surface area contributed by atoms with Crippen molar-refractivity contribution in [2.75, 3.05) is 11.9 Å². The fourth-order valence-electron chi connectivity index (χ4n) is 3.95. The van der Waals surface area contributed by atoms with Gasteiger partial charge in [0.15, 0.2) is 0 Å². The van der Waals surface area contributed by atoms with Gasteiger partial charge in [-0.05, 0) is 58.6 Å². The lowest BCUT2D eigenvalue weighted by Crippen LogP contribution is -2.53. The van der Waals surface area contributed by atoms with Crippen molar-refractivity contribution in [2.24, 2.45) is 0 Å².